The molecule has 1 aliphatic rings. The molecule has 3 aromatic carbocycles. The molecule has 0 aliphatic heterocycles. The van der Waals surface area contributed by atoms with Gasteiger partial charge in [-0.25, -0.2) is 13.2 Å². The van der Waals surface area contributed by atoms with E-state index >= 15 is 0 Å². The molecule has 34 heavy (non-hydrogen) atoms. The molecular weight excluding hydrogens is 429 g/mol. The van der Waals surface area contributed by atoms with Crippen LogP contribution < -0.4 is 0 Å². The molecule has 0 N–H and O–H groups in total. The lowest BCUT2D eigenvalue weighted by atomic mass is 9.77. The van der Waals surface area contributed by atoms with E-state index in [2.05, 4.69) is 13.8 Å². The fourth-order valence-electron chi connectivity index (χ4n) is 5.10. The van der Waals surface area contributed by atoms with Crippen molar-refractivity contribution in [3.63, 3.8) is 0 Å². The molecule has 1 fully saturated rings. The molecular formula is C31H33F3. The molecule has 1 saturated carbocycles. The first-order valence-corrected chi connectivity index (χ1v) is 12.5. The van der Waals surface area contributed by atoms with E-state index < -0.39 is 11.6 Å². The van der Waals surface area contributed by atoms with Gasteiger partial charge in [-0.2, -0.15) is 0 Å². The second-order valence-electron chi connectivity index (χ2n) is 9.52. The lowest BCUT2D eigenvalue weighted by Gasteiger charge is -2.28. The predicted molar refractivity (Wildman–Crippen MR) is 136 cm³/mol. The minimum absolute atomic E-state index is 0.110. The van der Waals surface area contributed by atoms with Gasteiger partial charge < -0.3 is 0 Å². The van der Waals surface area contributed by atoms with Gasteiger partial charge in [0.05, 0.1) is 0 Å². The van der Waals surface area contributed by atoms with Crippen LogP contribution in [0.5, 0.6) is 0 Å². The van der Waals surface area contributed by atoms with Crippen LogP contribution in [0.1, 0.15) is 80.5 Å². The summed E-state index contributed by atoms with van der Waals surface area (Å²) in [5, 5.41) is 0. The van der Waals surface area contributed by atoms with Crippen molar-refractivity contribution < 1.29 is 13.2 Å². The van der Waals surface area contributed by atoms with Gasteiger partial charge in [-0.3, -0.25) is 0 Å². The lowest BCUT2D eigenvalue weighted by molar-refractivity contribution is 0.312. The van der Waals surface area contributed by atoms with Crippen LogP contribution in [-0.2, 0) is 6.42 Å². The van der Waals surface area contributed by atoms with E-state index in [0.717, 1.165) is 67.6 Å². The molecule has 0 heterocycles. The van der Waals surface area contributed by atoms with Crippen LogP contribution in [0.25, 0.3) is 23.3 Å². The quantitative estimate of drug-likeness (QED) is 0.307. The summed E-state index contributed by atoms with van der Waals surface area (Å²) < 4.78 is 44.2. The number of benzene rings is 3. The largest absolute Gasteiger partial charge is 0.206 e. The number of hydrogen-bond acceptors (Lipinski definition) is 0. The van der Waals surface area contributed by atoms with E-state index in [1.807, 2.05) is 36.4 Å². The Morgan fingerprint density at radius 2 is 1.53 bits per heavy atom. The Labute approximate surface area is 201 Å². The van der Waals surface area contributed by atoms with Crippen molar-refractivity contribution >= 4 is 12.2 Å². The van der Waals surface area contributed by atoms with Crippen molar-refractivity contribution in [2.75, 3.05) is 0 Å². The van der Waals surface area contributed by atoms with Crippen LogP contribution in [-0.4, -0.2) is 0 Å². The molecule has 0 unspecified atom stereocenters. The van der Waals surface area contributed by atoms with Crippen molar-refractivity contribution in [2.24, 2.45) is 5.92 Å². The summed E-state index contributed by atoms with van der Waals surface area (Å²) >= 11 is 0. The maximum atomic E-state index is 14.9. The van der Waals surface area contributed by atoms with Crippen molar-refractivity contribution in [3.05, 3.63) is 94.3 Å². The van der Waals surface area contributed by atoms with Crippen molar-refractivity contribution in [1.82, 2.24) is 0 Å². The van der Waals surface area contributed by atoms with Gasteiger partial charge in [-0.1, -0.05) is 87.4 Å². The molecule has 0 bridgehead atoms. The molecule has 0 radical (unpaired) electrons. The van der Waals surface area contributed by atoms with Crippen molar-refractivity contribution in [2.45, 2.75) is 64.7 Å². The fourth-order valence-corrected chi connectivity index (χ4v) is 5.10. The Hall–Kier alpha value is -2.81. The highest BCUT2D eigenvalue weighted by Gasteiger charge is 2.25. The zero-order chi connectivity index (χ0) is 24.1. The third kappa shape index (κ3) is 5.46. The van der Waals surface area contributed by atoms with E-state index in [0.29, 0.717) is 11.1 Å². The van der Waals surface area contributed by atoms with Crippen LogP contribution >= 0.6 is 0 Å². The third-order valence-corrected chi connectivity index (χ3v) is 7.26. The molecule has 1 aliphatic carbocycles. The summed E-state index contributed by atoms with van der Waals surface area (Å²) in [6, 6.07) is 16.2. The topological polar surface area (TPSA) is 0 Å². The molecule has 3 aromatic rings. The minimum atomic E-state index is -0.780. The second-order valence-corrected chi connectivity index (χ2v) is 9.52. The highest BCUT2D eigenvalue weighted by molar-refractivity contribution is 5.72. The first-order valence-electron chi connectivity index (χ1n) is 12.5. The van der Waals surface area contributed by atoms with Crippen LogP contribution in [0, 0.1) is 23.4 Å². The Bertz CT molecular complexity index is 1140. The van der Waals surface area contributed by atoms with Gasteiger partial charge in [0.25, 0.3) is 0 Å². The van der Waals surface area contributed by atoms with E-state index in [-0.39, 0.29) is 17.3 Å². The molecule has 0 amide bonds. The molecule has 0 saturated heterocycles. The molecule has 0 nitrogen and oxygen atoms in total. The zero-order valence-corrected chi connectivity index (χ0v) is 20.1. The Balaban J connectivity index is 1.47. The van der Waals surface area contributed by atoms with E-state index in [1.165, 1.54) is 0 Å². The maximum absolute atomic E-state index is 14.9. The highest BCUT2D eigenvalue weighted by atomic mass is 19.2. The molecule has 0 atom stereocenters. The second kappa shape index (κ2) is 11.1. The van der Waals surface area contributed by atoms with Crippen LogP contribution in [0.15, 0.2) is 54.6 Å². The van der Waals surface area contributed by atoms with Gasteiger partial charge in [-0.05, 0) is 72.3 Å². The molecule has 178 valence electrons. The maximum Gasteiger partial charge on any atom is 0.166 e. The monoisotopic (exact) mass is 462 g/mol. The average Bonchev–Trinajstić information content (AvgIpc) is 2.86. The van der Waals surface area contributed by atoms with Crippen LogP contribution in [0.3, 0.4) is 0 Å². The van der Waals surface area contributed by atoms with E-state index in [1.54, 1.807) is 30.4 Å². The van der Waals surface area contributed by atoms with Gasteiger partial charge in [-0.15, -0.1) is 0 Å². The van der Waals surface area contributed by atoms with Gasteiger partial charge >= 0.3 is 0 Å². The normalized spacial score (nSPS) is 18.5. The SMILES string of the molecule is CCCc1ccc(-c2ccc(C=Cc3ccc(C4CCC(CC)CC4)c(F)c3F)cc2)c(F)c1. The van der Waals surface area contributed by atoms with Gasteiger partial charge in [0.15, 0.2) is 11.6 Å². The molecule has 0 aromatic heterocycles. The van der Waals surface area contributed by atoms with Gasteiger partial charge in [0, 0.05) is 11.1 Å². The first-order chi connectivity index (χ1) is 16.5. The summed E-state index contributed by atoms with van der Waals surface area (Å²) in [6.45, 7) is 4.27. The Morgan fingerprint density at radius 1 is 0.794 bits per heavy atom. The summed E-state index contributed by atoms with van der Waals surface area (Å²) in [4.78, 5) is 0. The summed E-state index contributed by atoms with van der Waals surface area (Å²) in [7, 11) is 0. The average molecular weight is 463 g/mol. The van der Waals surface area contributed by atoms with E-state index in [4.69, 9.17) is 0 Å². The summed E-state index contributed by atoms with van der Waals surface area (Å²) in [5.41, 5.74) is 3.94. The summed E-state index contributed by atoms with van der Waals surface area (Å²) in [5.74, 6) is -0.888. The first kappa shape index (κ1) is 24.3. The zero-order valence-electron chi connectivity index (χ0n) is 20.1. The number of halogens is 3. The van der Waals surface area contributed by atoms with Gasteiger partial charge in [0.2, 0.25) is 0 Å². The number of hydrogen-bond donors (Lipinski definition) is 0. The summed E-state index contributed by atoms with van der Waals surface area (Å²) in [6.07, 6.45) is 10.4. The number of rotatable bonds is 7. The number of aryl methyl sites for hydroxylation is 1. The minimum Gasteiger partial charge on any atom is -0.206 e. The van der Waals surface area contributed by atoms with Crippen molar-refractivity contribution in [1.29, 1.82) is 0 Å². The smallest absolute Gasteiger partial charge is 0.166 e. The van der Waals surface area contributed by atoms with Crippen LogP contribution in [0.4, 0.5) is 13.2 Å². The lowest BCUT2D eigenvalue weighted by Crippen LogP contribution is -2.14. The Morgan fingerprint density at radius 3 is 2.18 bits per heavy atom. The van der Waals surface area contributed by atoms with Crippen LogP contribution in [0.2, 0.25) is 0 Å². The Kier molecular flexibility index (Phi) is 7.92. The highest BCUT2D eigenvalue weighted by Crippen LogP contribution is 2.38. The third-order valence-electron chi connectivity index (χ3n) is 7.26. The van der Waals surface area contributed by atoms with Crippen molar-refractivity contribution in [3.8, 4) is 11.1 Å². The standard InChI is InChI=1S/C31H33F3/c1-3-5-23-11-18-27(29(32)20-23)24-14-8-22(9-15-24)10-16-26-17-19-28(31(34)30(26)33)25-12-6-21(4-2)7-13-25/h8-11,14-21,25H,3-7,12-13H2,1-2H3. The van der Waals surface area contributed by atoms with Gasteiger partial charge in [0.1, 0.15) is 5.82 Å². The predicted octanol–water partition coefficient (Wildman–Crippen LogP) is 9.58. The molecule has 3 heteroatoms. The molecule has 4 rings (SSSR count). The molecule has 0 spiro atoms. The fraction of sp³-hybridized carbons (Fsp3) is 0.355. The van der Waals surface area contributed by atoms with E-state index in [9.17, 15) is 13.2 Å².